The molecular formula is C51H31N3S. The molecule has 12 rings (SSSR count). The third-order valence-corrected chi connectivity index (χ3v) is 12.5. The van der Waals surface area contributed by atoms with E-state index in [0.717, 1.165) is 33.5 Å². The van der Waals surface area contributed by atoms with Gasteiger partial charge in [0.2, 0.25) is 0 Å². The van der Waals surface area contributed by atoms with Gasteiger partial charge in [0.05, 0.1) is 33.3 Å². The van der Waals surface area contributed by atoms with Crippen molar-refractivity contribution >= 4 is 86.0 Å². The number of fused-ring (bicyclic) bond motifs is 11. The molecule has 0 atom stereocenters. The number of nitrogens with zero attached hydrogens (tertiary/aromatic N) is 3. The van der Waals surface area contributed by atoms with Crippen LogP contribution in [0.1, 0.15) is 0 Å². The van der Waals surface area contributed by atoms with E-state index in [1.807, 2.05) is 11.3 Å². The highest BCUT2D eigenvalue weighted by molar-refractivity contribution is 7.26. The SMILES string of the molecule is c1ccc(-c2cc(-c3ccc(-n4c5cc6c(cc5c5c7sc8ccccc8c7ccc54)c4ccccc4n6-c4ccccc4)cc3)nc3ccccc23)cc1. The molecule has 0 amide bonds. The number of aromatic nitrogens is 3. The van der Waals surface area contributed by atoms with Crippen LogP contribution in [-0.4, -0.2) is 14.1 Å². The molecule has 55 heavy (non-hydrogen) atoms. The molecule has 4 heteroatoms. The molecule has 4 aromatic heterocycles. The van der Waals surface area contributed by atoms with Crippen LogP contribution in [0.15, 0.2) is 188 Å². The van der Waals surface area contributed by atoms with Gasteiger partial charge in [0.15, 0.2) is 0 Å². The van der Waals surface area contributed by atoms with Gasteiger partial charge in [0.25, 0.3) is 0 Å². The van der Waals surface area contributed by atoms with Crippen LogP contribution in [0.4, 0.5) is 0 Å². The molecule has 256 valence electrons. The van der Waals surface area contributed by atoms with Gasteiger partial charge in [0.1, 0.15) is 0 Å². The first-order valence-corrected chi connectivity index (χ1v) is 19.5. The van der Waals surface area contributed by atoms with Crippen molar-refractivity contribution in [3.8, 4) is 33.8 Å². The zero-order valence-corrected chi connectivity index (χ0v) is 30.5. The lowest BCUT2D eigenvalue weighted by Gasteiger charge is -2.12. The average Bonchev–Trinajstić information content (AvgIpc) is 3.90. The first-order valence-electron chi connectivity index (χ1n) is 18.7. The molecule has 0 spiro atoms. The second kappa shape index (κ2) is 11.7. The third-order valence-electron chi connectivity index (χ3n) is 11.3. The van der Waals surface area contributed by atoms with Gasteiger partial charge < -0.3 is 9.13 Å². The molecule has 0 aliphatic carbocycles. The van der Waals surface area contributed by atoms with Crippen LogP contribution in [0.5, 0.6) is 0 Å². The predicted molar refractivity (Wildman–Crippen MR) is 234 cm³/mol. The fourth-order valence-electron chi connectivity index (χ4n) is 8.84. The monoisotopic (exact) mass is 717 g/mol. The Morgan fingerprint density at radius 2 is 1.04 bits per heavy atom. The second-order valence-corrected chi connectivity index (χ2v) is 15.4. The molecular weight excluding hydrogens is 687 g/mol. The number of hydrogen-bond donors (Lipinski definition) is 0. The Morgan fingerprint density at radius 3 is 1.87 bits per heavy atom. The summed E-state index contributed by atoms with van der Waals surface area (Å²) in [6.45, 7) is 0. The Hall–Kier alpha value is -7.01. The minimum absolute atomic E-state index is 0.965. The van der Waals surface area contributed by atoms with Gasteiger partial charge in [-0.3, -0.25) is 0 Å². The Morgan fingerprint density at radius 1 is 0.382 bits per heavy atom. The summed E-state index contributed by atoms with van der Waals surface area (Å²) in [4.78, 5) is 5.16. The molecule has 0 bridgehead atoms. The molecule has 0 aliphatic rings. The quantitative estimate of drug-likeness (QED) is 0.178. The van der Waals surface area contributed by atoms with Gasteiger partial charge in [-0.15, -0.1) is 11.3 Å². The Balaban J connectivity index is 1.13. The van der Waals surface area contributed by atoms with E-state index in [0.29, 0.717) is 0 Å². The van der Waals surface area contributed by atoms with Crippen LogP contribution in [0.3, 0.4) is 0 Å². The molecule has 0 N–H and O–H groups in total. The maximum Gasteiger partial charge on any atom is 0.0715 e. The third kappa shape index (κ3) is 4.52. The van der Waals surface area contributed by atoms with Gasteiger partial charge in [0, 0.05) is 64.0 Å². The van der Waals surface area contributed by atoms with Gasteiger partial charge >= 0.3 is 0 Å². The average molecular weight is 718 g/mol. The second-order valence-electron chi connectivity index (χ2n) is 14.3. The predicted octanol–water partition coefficient (Wildman–Crippen LogP) is 14.1. The summed E-state index contributed by atoms with van der Waals surface area (Å²) in [6, 6.07) is 68.2. The van der Waals surface area contributed by atoms with E-state index in [-0.39, 0.29) is 0 Å². The topological polar surface area (TPSA) is 22.8 Å². The number of hydrogen-bond acceptors (Lipinski definition) is 2. The van der Waals surface area contributed by atoms with E-state index in [1.54, 1.807) is 0 Å². The number of para-hydroxylation sites is 3. The molecule has 0 saturated heterocycles. The van der Waals surface area contributed by atoms with Crippen LogP contribution in [0, 0.1) is 0 Å². The fourth-order valence-corrected chi connectivity index (χ4v) is 10.1. The van der Waals surface area contributed by atoms with Gasteiger partial charge in [-0.2, -0.15) is 0 Å². The van der Waals surface area contributed by atoms with Crippen LogP contribution in [0.2, 0.25) is 0 Å². The van der Waals surface area contributed by atoms with Crippen molar-refractivity contribution in [2.75, 3.05) is 0 Å². The first kappa shape index (κ1) is 30.5. The zero-order valence-electron chi connectivity index (χ0n) is 29.6. The van der Waals surface area contributed by atoms with Crippen molar-refractivity contribution in [3.05, 3.63) is 188 Å². The standard InChI is InChI=1S/C51H31N3S/c1-3-13-32(14-4-1)40-30-44(52-43-20-10-7-17-36(40)43)33-23-25-35(26-24-33)54-46-28-27-39-38-19-9-12-22-49(38)55-51(39)50(46)42-29-41-37-18-8-11-21-45(37)53(47(41)31-48(42)54)34-15-5-2-6-16-34/h1-31H. The highest BCUT2D eigenvalue weighted by Gasteiger charge is 2.21. The van der Waals surface area contributed by atoms with E-state index in [4.69, 9.17) is 4.98 Å². The van der Waals surface area contributed by atoms with Crippen molar-refractivity contribution in [1.82, 2.24) is 14.1 Å². The van der Waals surface area contributed by atoms with E-state index in [2.05, 4.69) is 197 Å². The minimum atomic E-state index is 0.965. The van der Waals surface area contributed by atoms with E-state index < -0.39 is 0 Å². The normalized spacial score (nSPS) is 12.0. The van der Waals surface area contributed by atoms with Gasteiger partial charge in [-0.05, 0) is 77.9 Å². The molecule has 4 heterocycles. The highest BCUT2D eigenvalue weighted by Crippen LogP contribution is 2.46. The fraction of sp³-hybridized carbons (Fsp3) is 0. The highest BCUT2D eigenvalue weighted by atomic mass is 32.1. The van der Waals surface area contributed by atoms with Crippen molar-refractivity contribution in [3.63, 3.8) is 0 Å². The summed E-state index contributed by atoms with van der Waals surface area (Å²) in [5.41, 5.74) is 12.5. The lowest BCUT2D eigenvalue weighted by atomic mass is 9.98. The summed E-state index contributed by atoms with van der Waals surface area (Å²) in [7, 11) is 0. The minimum Gasteiger partial charge on any atom is -0.309 e. The van der Waals surface area contributed by atoms with Crippen molar-refractivity contribution in [2.45, 2.75) is 0 Å². The summed E-state index contributed by atoms with van der Waals surface area (Å²) in [5.74, 6) is 0. The van der Waals surface area contributed by atoms with E-state index >= 15 is 0 Å². The van der Waals surface area contributed by atoms with Crippen molar-refractivity contribution < 1.29 is 0 Å². The van der Waals surface area contributed by atoms with Crippen molar-refractivity contribution in [1.29, 1.82) is 0 Å². The molecule has 0 radical (unpaired) electrons. The largest absolute Gasteiger partial charge is 0.309 e. The summed E-state index contributed by atoms with van der Waals surface area (Å²) in [6.07, 6.45) is 0. The molecule has 8 aromatic carbocycles. The Labute approximate surface area is 320 Å². The molecule has 0 saturated carbocycles. The number of rotatable bonds is 4. The zero-order chi connectivity index (χ0) is 36.0. The number of pyridine rings is 1. The first-order chi connectivity index (χ1) is 27.3. The molecule has 3 nitrogen and oxygen atoms in total. The lowest BCUT2D eigenvalue weighted by molar-refractivity contribution is 1.16. The lowest BCUT2D eigenvalue weighted by Crippen LogP contribution is -1.96. The summed E-state index contributed by atoms with van der Waals surface area (Å²) >= 11 is 1.90. The maximum atomic E-state index is 5.16. The Bertz CT molecular complexity index is 3460. The molecule has 0 aliphatic heterocycles. The maximum absolute atomic E-state index is 5.16. The summed E-state index contributed by atoms with van der Waals surface area (Å²) < 4.78 is 7.53. The Kier molecular flexibility index (Phi) is 6.50. The smallest absolute Gasteiger partial charge is 0.0715 e. The molecule has 12 aromatic rings. The van der Waals surface area contributed by atoms with Gasteiger partial charge in [-0.25, -0.2) is 4.98 Å². The van der Waals surface area contributed by atoms with Crippen LogP contribution in [-0.2, 0) is 0 Å². The van der Waals surface area contributed by atoms with Crippen LogP contribution < -0.4 is 0 Å². The summed E-state index contributed by atoms with van der Waals surface area (Å²) in [5, 5.41) is 8.88. The van der Waals surface area contributed by atoms with Crippen molar-refractivity contribution in [2.24, 2.45) is 0 Å². The van der Waals surface area contributed by atoms with Crippen LogP contribution in [0.25, 0.3) is 108 Å². The number of thiophene rings is 1. The van der Waals surface area contributed by atoms with Gasteiger partial charge in [-0.1, -0.05) is 121 Å². The molecule has 0 fully saturated rings. The van der Waals surface area contributed by atoms with Crippen LogP contribution >= 0.6 is 11.3 Å². The van der Waals surface area contributed by atoms with E-state index in [1.165, 1.54) is 74.9 Å². The molecule has 0 unspecified atom stereocenters. The number of benzene rings is 8. The van der Waals surface area contributed by atoms with E-state index in [9.17, 15) is 0 Å².